The highest BCUT2D eigenvalue weighted by Gasteiger charge is 2.36. The number of nitrogens with zero attached hydrogens (tertiary/aromatic N) is 3. The molecule has 0 aliphatic carbocycles. The summed E-state index contributed by atoms with van der Waals surface area (Å²) in [7, 11) is 1.60. The van der Waals surface area contributed by atoms with E-state index in [1.165, 1.54) is 0 Å². The first-order valence-electron chi connectivity index (χ1n) is 9.31. The van der Waals surface area contributed by atoms with Crippen molar-refractivity contribution < 1.29 is 19.4 Å². The van der Waals surface area contributed by atoms with Crippen LogP contribution < -0.4 is 4.74 Å². The summed E-state index contributed by atoms with van der Waals surface area (Å²) in [6, 6.07) is 7.55. The Hall–Kier alpha value is -2.87. The van der Waals surface area contributed by atoms with E-state index in [1.807, 2.05) is 31.2 Å². The summed E-state index contributed by atoms with van der Waals surface area (Å²) in [4.78, 5) is 36.0. The number of imidazole rings is 1. The van der Waals surface area contributed by atoms with Crippen LogP contribution in [0, 0.1) is 12.8 Å². The smallest absolute Gasteiger partial charge is 0.228 e. The number of aromatic nitrogens is 2. The minimum atomic E-state index is -0.419. The molecule has 2 aromatic rings. The van der Waals surface area contributed by atoms with E-state index in [4.69, 9.17) is 4.74 Å². The molecule has 2 amide bonds. The fourth-order valence-electron chi connectivity index (χ4n) is 3.53. The maximum atomic E-state index is 13.0. The van der Waals surface area contributed by atoms with Crippen molar-refractivity contribution in [2.75, 3.05) is 26.8 Å². The molecule has 0 radical (unpaired) electrons. The van der Waals surface area contributed by atoms with Gasteiger partial charge >= 0.3 is 0 Å². The molecule has 1 aromatic heterocycles. The van der Waals surface area contributed by atoms with Crippen LogP contribution >= 0.6 is 0 Å². The number of para-hydroxylation sites is 1. The molecule has 1 saturated heterocycles. The summed E-state index contributed by atoms with van der Waals surface area (Å²) >= 11 is 0. The fraction of sp³-hybridized carbons (Fsp3) is 0.450. The van der Waals surface area contributed by atoms with Crippen molar-refractivity contribution >= 4 is 11.8 Å². The van der Waals surface area contributed by atoms with Crippen LogP contribution in [0.25, 0.3) is 0 Å². The maximum Gasteiger partial charge on any atom is 0.228 e. The molecule has 1 fully saturated rings. The second-order valence-corrected chi connectivity index (χ2v) is 6.96. The van der Waals surface area contributed by atoms with Crippen LogP contribution in [0.1, 0.15) is 23.5 Å². The molecule has 1 unspecified atom stereocenters. The summed E-state index contributed by atoms with van der Waals surface area (Å²) in [5, 5.41) is 9.36. The number of nitrogens with one attached hydrogen (secondary N) is 1. The van der Waals surface area contributed by atoms with E-state index in [0.29, 0.717) is 19.6 Å². The molecule has 1 atom stereocenters. The van der Waals surface area contributed by atoms with Crippen molar-refractivity contribution in [2.45, 2.75) is 26.4 Å². The Bertz CT molecular complexity index is 835. The minimum absolute atomic E-state index is 0.0504. The van der Waals surface area contributed by atoms with Crippen molar-refractivity contribution in [3.8, 4) is 5.75 Å². The lowest BCUT2D eigenvalue weighted by Gasteiger charge is -2.24. The van der Waals surface area contributed by atoms with Gasteiger partial charge in [-0.1, -0.05) is 18.2 Å². The molecule has 150 valence electrons. The van der Waals surface area contributed by atoms with E-state index in [2.05, 4.69) is 9.97 Å². The maximum absolute atomic E-state index is 13.0. The minimum Gasteiger partial charge on any atom is -0.496 e. The van der Waals surface area contributed by atoms with Gasteiger partial charge in [0.25, 0.3) is 0 Å². The number of ether oxygens (including phenoxy) is 1. The number of aryl methyl sites for hydroxylation is 1. The lowest BCUT2D eigenvalue weighted by Crippen LogP contribution is -2.38. The van der Waals surface area contributed by atoms with Crippen molar-refractivity contribution in [3.63, 3.8) is 0 Å². The van der Waals surface area contributed by atoms with Crippen molar-refractivity contribution in [1.29, 1.82) is 0 Å². The van der Waals surface area contributed by atoms with Gasteiger partial charge in [-0.3, -0.25) is 9.59 Å². The van der Waals surface area contributed by atoms with E-state index in [9.17, 15) is 14.7 Å². The number of amides is 2. The number of aliphatic hydroxyl groups is 1. The number of aromatic amines is 1. The quantitative estimate of drug-likeness (QED) is 0.708. The molecular weight excluding hydrogens is 360 g/mol. The highest BCUT2D eigenvalue weighted by Crippen LogP contribution is 2.26. The molecule has 2 heterocycles. The molecule has 3 rings (SSSR count). The van der Waals surface area contributed by atoms with Crippen molar-refractivity contribution in [1.82, 2.24) is 19.8 Å². The first-order chi connectivity index (χ1) is 13.5. The lowest BCUT2D eigenvalue weighted by atomic mass is 10.1. The monoisotopic (exact) mass is 386 g/mol. The summed E-state index contributed by atoms with van der Waals surface area (Å²) in [6.07, 6.45) is 1.86. The number of likely N-dealkylation sites (tertiary alicyclic amines) is 1. The van der Waals surface area contributed by atoms with Gasteiger partial charge in [-0.2, -0.15) is 0 Å². The number of H-pyrrole nitrogens is 1. The van der Waals surface area contributed by atoms with Gasteiger partial charge in [-0.25, -0.2) is 4.98 Å². The van der Waals surface area contributed by atoms with Crippen LogP contribution in [0.15, 0.2) is 30.5 Å². The number of carbonyl (C=O) groups excluding carboxylic acids is 2. The third kappa shape index (κ3) is 4.51. The molecule has 0 spiro atoms. The van der Waals surface area contributed by atoms with Gasteiger partial charge in [-0.05, 0) is 13.0 Å². The van der Waals surface area contributed by atoms with Gasteiger partial charge in [0.2, 0.25) is 11.8 Å². The van der Waals surface area contributed by atoms with Crippen molar-refractivity contribution in [2.24, 2.45) is 5.92 Å². The second-order valence-electron chi connectivity index (χ2n) is 6.96. The SMILES string of the molecule is COc1ccccc1CN1CC(C(=O)N(CCO)Cc2cnc(C)[nH]2)CC1=O. The second kappa shape index (κ2) is 8.88. The topological polar surface area (TPSA) is 98.8 Å². The number of methoxy groups -OCH3 is 1. The van der Waals surface area contributed by atoms with Gasteiger partial charge in [0, 0.05) is 31.6 Å². The fourth-order valence-corrected chi connectivity index (χ4v) is 3.53. The highest BCUT2D eigenvalue weighted by molar-refractivity contribution is 5.89. The molecule has 1 aromatic carbocycles. The Morgan fingerprint density at radius 3 is 2.89 bits per heavy atom. The largest absolute Gasteiger partial charge is 0.496 e. The first-order valence-corrected chi connectivity index (χ1v) is 9.31. The molecule has 0 saturated carbocycles. The van der Waals surface area contributed by atoms with E-state index in [0.717, 1.165) is 22.8 Å². The molecule has 1 aliphatic rings. The molecule has 8 nitrogen and oxygen atoms in total. The Labute approximate surface area is 164 Å². The zero-order chi connectivity index (χ0) is 20.1. The average molecular weight is 386 g/mol. The first kappa shape index (κ1) is 19.9. The number of carbonyl (C=O) groups is 2. The van der Waals surface area contributed by atoms with Crippen molar-refractivity contribution in [3.05, 3.63) is 47.5 Å². The standard InChI is InChI=1S/C20H26N4O4/c1-14-21-10-17(22-14)13-23(7-8-25)20(27)16-9-19(26)24(12-16)11-15-5-3-4-6-18(15)28-2/h3-6,10,16,25H,7-9,11-13H2,1-2H3,(H,21,22). The molecular formula is C20H26N4O4. The zero-order valence-electron chi connectivity index (χ0n) is 16.2. The van der Waals surface area contributed by atoms with E-state index in [1.54, 1.807) is 23.1 Å². The number of hydrogen-bond acceptors (Lipinski definition) is 5. The Kier molecular flexibility index (Phi) is 6.30. The van der Waals surface area contributed by atoms with Crippen LogP contribution in [0.2, 0.25) is 0 Å². The Morgan fingerprint density at radius 1 is 1.43 bits per heavy atom. The number of hydrogen-bond donors (Lipinski definition) is 2. The summed E-state index contributed by atoms with van der Waals surface area (Å²) in [5.41, 5.74) is 1.71. The van der Waals surface area contributed by atoms with Gasteiger partial charge in [0.1, 0.15) is 11.6 Å². The van der Waals surface area contributed by atoms with Gasteiger partial charge in [0.05, 0.1) is 38.1 Å². The molecule has 1 aliphatic heterocycles. The van der Waals surface area contributed by atoms with Crippen LogP contribution in [-0.2, 0) is 22.7 Å². The molecule has 2 N–H and O–H groups in total. The van der Waals surface area contributed by atoms with E-state index in [-0.39, 0.29) is 31.4 Å². The predicted octanol–water partition coefficient (Wildman–Crippen LogP) is 1.10. The van der Waals surface area contributed by atoms with Gasteiger partial charge in [-0.15, -0.1) is 0 Å². The van der Waals surface area contributed by atoms with E-state index < -0.39 is 5.92 Å². The van der Waals surface area contributed by atoms with Gasteiger partial charge < -0.3 is 24.6 Å². The summed E-state index contributed by atoms with van der Waals surface area (Å²) in [5.74, 6) is 0.896. The Balaban J connectivity index is 1.67. The molecule has 0 bridgehead atoms. The summed E-state index contributed by atoms with van der Waals surface area (Å²) in [6.45, 7) is 3.02. The zero-order valence-corrected chi connectivity index (χ0v) is 16.2. The van der Waals surface area contributed by atoms with Crippen LogP contribution in [0.4, 0.5) is 0 Å². The lowest BCUT2D eigenvalue weighted by molar-refractivity contribution is -0.137. The third-order valence-electron chi connectivity index (χ3n) is 4.92. The normalized spacial score (nSPS) is 16.5. The Morgan fingerprint density at radius 2 is 2.21 bits per heavy atom. The van der Waals surface area contributed by atoms with Crippen LogP contribution in [0.5, 0.6) is 5.75 Å². The number of benzene rings is 1. The van der Waals surface area contributed by atoms with E-state index >= 15 is 0 Å². The number of aliphatic hydroxyl groups excluding tert-OH is 1. The third-order valence-corrected chi connectivity index (χ3v) is 4.92. The predicted molar refractivity (Wildman–Crippen MR) is 102 cm³/mol. The average Bonchev–Trinajstić information content (AvgIpc) is 3.27. The molecule has 28 heavy (non-hydrogen) atoms. The highest BCUT2D eigenvalue weighted by atomic mass is 16.5. The molecule has 8 heteroatoms. The van der Waals surface area contributed by atoms with Gasteiger partial charge in [0.15, 0.2) is 0 Å². The summed E-state index contributed by atoms with van der Waals surface area (Å²) < 4.78 is 5.35. The number of rotatable bonds is 8. The van der Waals surface area contributed by atoms with Crippen LogP contribution in [0.3, 0.4) is 0 Å². The van der Waals surface area contributed by atoms with Crippen LogP contribution in [-0.4, -0.2) is 63.5 Å².